The predicted octanol–water partition coefficient (Wildman–Crippen LogP) is 1.58. The van der Waals surface area contributed by atoms with Crippen LogP contribution >= 0.6 is 0 Å². The van der Waals surface area contributed by atoms with E-state index in [1.165, 1.54) is 25.1 Å². The molecule has 1 aromatic carbocycles. The summed E-state index contributed by atoms with van der Waals surface area (Å²) < 4.78 is 13.6. The number of amides is 2. The Bertz CT molecular complexity index is 477. The van der Waals surface area contributed by atoms with Crippen molar-refractivity contribution in [2.45, 2.75) is 13.8 Å². The van der Waals surface area contributed by atoms with Crippen LogP contribution in [0, 0.1) is 11.7 Å². The number of rotatable bonds is 5. The Kier molecular flexibility index (Phi) is 5.44. The number of carbonyl (C=O) groups is 2. The van der Waals surface area contributed by atoms with E-state index in [4.69, 9.17) is 0 Å². The minimum atomic E-state index is -0.542. The first-order chi connectivity index (χ1) is 8.93. The second-order valence-electron chi connectivity index (χ2n) is 4.32. The molecule has 0 aliphatic rings. The van der Waals surface area contributed by atoms with Crippen LogP contribution in [0.15, 0.2) is 18.2 Å². The molecule has 104 valence electrons. The molecular weight excluding hydrogens is 249 g/mol. The average Bonchev–Trinajstić information content (AvgIpc) is 2.33. The van der Waals surface area contributed by atoms with Crippen molar-refractivity contribution in [3.8, 4) is 0 Å². The molecule has 6 heteroatoms. The van der Waals surface area contributed by atoms with Gasteiger partial charge in [-0.05, 0) is 25.2 Å². The Hall–Kier alpha value is -1.95. The van der Waals surface area contributed by atoms with Gasteiger partial charge in [0.05, 0.1) is 5.69 Å². The van der Waals surface area contributed by atoms with Gasteiger partial charge in [0.1, 0.15) is 5.82 Å². The van der Waals surface area contributed by atoms with Gasteiger partial charge in [-0.25, -0.2) is 4.39 Å². The van der Waals surface area contributed by atoms with E-state index in [9.17, 15) is 14.0 Å². The maximum Gasteiger partial charge on any atom is 0.228 e. The van der Waals surface area contributed by atoms with Gasteiger partial charge in [-0.1, -0.05) is 6.92 Å². The molecule has 0 heterocycles. The number of anilines is 2. The van der Waals surface area contributed by atoms with Gasteiger partial charge in [0, 0.05) is 25.1 Å². The summed E-state index contributed by atoms with van der Waals surface area (Å²) in [5.41, 5.74) is 0.490. The summed E-state index contributed by atoms with van der Waals surface area (Å²) in [6, 6.07) is 4.02. The summed E-state index contributed by atoms with van der Waals surface area (Å²) in [6.45, 7) is 3.59. The molecule has 5 nitrogen and oxygen atoms in total. The SMILES string of the molecule is CNCC(C)C(=O)Nc1cc(NC(C)=O)ccc1F. The highest BCUT2D eigenvalue weighted by Gasteiger charge is 2.14. The molecule has 3 N–H and O–H groups in total. The standard InChI is InChI=1S/C13H18FN3O2/c1-8(7-15-3)13(19)17-12-6-10(16-9(2)18)4-5-11(12)14/h4-6,8,15H,7H2,1-3H3,(H,16,18)(H,17,19). The molecule has 0 saturated carbocycles. The van der Waals surface area contributed by atoms with Crippen LogP contribution in [0.25, 0.3) is 0 Å². The zero-order valence-electron chi connectivity index (χ0n) is 11.2. The Balaban J connectivity index is 2.82. The van der Waals surface area contributed by atoms with Gasteiger partial charge < -0.3 is 16.0 Å². The van der Waals surface area contributed by atoms with Gasteiger partial charge >= 0.3 is 0 Å². The molecule has 1 atom stereocenters. The van der Waals surface area contributed by atoms with Crippen molar-refractivity contribution < 1.29 is 14.0 Å². The van der Waals surface area contributed by atoms with Crippen LogP contribution in [-0.2, 0) is 9.59 Å². The van der Waals surface area contributed by atoms with Crippen molar-refractivity contribution in [1.82, 2.24) is 5.32 Å². The van der Waals surface area contributed by atoms with Crippen molar-refractivity contribution in [2.75, 3.05) is 24.2 Å². The maximum atomic E-state index is 13.6. The number of nitrogens with one attached hydrogen (secondary N) is 3. The summed E-state index contributed by atoms with van der Waals surface area (Å²) in [5.74, 6) is -1.37. The van der Waals surface area contributed by atoms with Gasteiger partial charge in [0.2, 0.25) is 11.8 Å². The van der Waals surface area contributed by atoms with Crippen LogP contribution in [0.4, 0.5) is 15.8 Å². The van der Waals surface area contributed by atoms with Crippen LogP contribution in [0.3, 0.4) is 0 Å². The number of halogens is 1. The normalized spacial score (nSPS) is 11.8. The van der Waals surface area contributed by atoms with Crippen molar-refractivity contribution >= 4 is 23.2 Å². The lowest BCUT2D eigenvalue weighted by Crippen LogP contribution is -2.29. The number of hydrogen-bond donors (Lipinski definition) is 3. The average molecular weight is 267 g/mol. The quantitative estimate of drug-likeness (QED) is 0.758. The molecule has 0 aliphatic heterocycles. The second-order valence-corrected chi connectivity index (χ2v) is 4.32. The molecule has 2 amide bonds. The molecule has 1 aromatic rings. The van der Waals surface area contributed by atoms with Crippen molar-refractivity contribution in [1.29, 1.82) is 0 Å². The Labute approximate surface area is 111 Å². The minimum Gasteiger partial charge on any atom is -0.326 e. The molecule has 1 rings (SSSR count). The third-order valence-corrected chi connectivity index (χ3v) is 2.50. The van der Waals surface area contributed by atoms with Gasteiger partial charge in [-0.15, -0.1) is 0 Å². The fourth-order valence-electron chi connectivity index (χ4n) is 1.56. The molecular formula is C13H18FN3O2. The second kappa shape index (κ2) is 6.84. The van der Waals surface area contributed by atoms with Crippen LogP contribution in [0.1, 0.15) is 13.8 Å². The summed E-state index contributed by atoms with van der Waals surface area (Å²) >= 11 is 0. The fraction of sp³-hybridized carbons (Fsp3) is 0.385. The maximum absolute atomic E-state index is 13.6. The topological polar surface area (TPSA) is 70.2 Å². The molecule has 19 heavy (non-hydrogen) atoms. The third-order valence-electron chi connectivity index (χ3n) is 2.50. The molecule has 0 fully saturated rings. The van der Waals surface area contributed by atoms with E-state index >= 15 is 0 Å². The van der Waals surface area contributed by atoms with E-state index < -0.39 is 5.82 Å². The Morgan fingerprint density at radius 2 is 2.00 bits per heavy atom. The fourth-order valence-corrected chi connectivity index (χ4v) is 1.56. The lowest BCUT2D eigenvalue weighted by Gasteiger charge is -2.13. The largest absolute Gasteiger partial charge is 0.326 e. The van der Waals surface area contributed by atoms with Crippen LogP contribution in [0.5, 0.6) is 0 Å². The third kappa shape index (κ3) is 4.67. The van der Waals surface area contributed by atoms with E-state index in [0.717, 1.165) is 0 Å². The Morgan fingerprint density at radius 1 is 1.32 bits per heavy atom. The van der Waals surface area contributed by atoms with Gasteiger partial charge in [0.25, 0.3) is 0 Å². The van der Waals surface area contributed by atoms with E-state index in [-0.39, 0.29) is 23.4 Å². The van der Waals surface area contributed by atoms with E-state index in [2.05, 4.69) is 16.0 Å². The first-order valence-corrected chi connectivity index (χ1v) is 5.96. The zero-order chi connectivity index (χ0) is 14.4. The predicted molar refractivity (Wildman–Crippen MR) is 72.4 cm³/mol. The molecule has 0 saturated heterocycles. The van der Waals surface area contributed by atoms with E-state index in [0.29, 0.717) is 12.2 Å². The molecule has 0 radical (unpaired) electrons. The zero-order valence-corrected chi connectivity index (χ0v) is 11.2. The van der Waals surface area contributed by atoms with Crippen molar-refractivity contribution in [3.63, 3.8) is 0 Å². The van der Waals surface area contributed by atoms with Crippen molar-refractivity contribution in [3.05, 3.63) is 24.0 Å². The lowest BCUT2D eigenvalue weighted by atomic mass is 10.1. The molecule has 0 aliphatic carbocycles. The highest BCUT2D eigenvalue weighted by Crippen LogP contribution is 2.20. The van der Waals surface area contributed by atoms with Crippen LogP contribution < -0.4 is 16.0 Å². The number of hydrogen-bond acceptors (Lipinski definition) is 3. The lowest BCUT2D eigenvalue weighted by molar-refractivity contribution is -0.119. The first kappa shape index (κ1) is 15.1. The van der Waals surface area contributed by atoms with Crippen LogP contribution in [0.2, 0.25) is 0 Å². The molecule has 0 bridgehead atoms. The van der Waals surface area contributed by atoms with Gasteiger partial charge in [-0.2, -0.15) is 0 Å². The highest BCUT2D eigenvalue weighted by atomic mass is 19.1. The molecule has 1 unspecified atom stereocenters. The van der Waals surface area contributed by atoms with E-state index in [1.807, 2.05) is 0 Å². The van der Waals surface area contributed by atoms with Crippen molar-refractivity contribution in [2.24, 2.45) is 5.92 Å². The van der Waals surface area contributed by atoms with Gasteiger partial charge in [0.15, 0.2) is 0 Å². The van der Waals surface area contributed by atoms with Gasteiger partial charge in [-0.3, -0.25) is 9.59 Å². The highest BCUT2D eigenvalue weighted by molar-refractivity contribution is 5.94. The number of benzene rings is 1. The summed E-state index contributed by atoms with van der Waals surface area (Å²) in [7, 11) is 1.74. The summed E-state index contributed by atoms with van der Waals surface area (Å²) in [5, 5.41) is 7.91. The summed E-state index contributed by atoms with van der Waals surface area (Å²) in [6.07, 6.45) is 0. The molecule has 0 spiro atoms. The summed E-state index contributed by atoms with van der Waals surface area (Å²) in [4.78, 5) is 22.7. The van der Waals surface area contributed by atoms with E-state index in [1.54, 1.807) is 14.0 Å². The first-order valence-electron chi connectivity index (χ1n) is 5.96. The Morgan fingerprint density at radius 3 is 2.58 bits per heavy atom. The smallest absolute Gasteiger partial charge is 0.228 e. The monoisotopic (exact) mass is 267 g/mol. The number of carbonyl (C=O) groups excluding carboxylic acids is 2. The minimum absolute atomic E-state index is 0.0548. The molecule has 0 aromatic heterocycles. The van der Waals surface area contributed by atoms with Crippen LogP contribution in [-0.4, -0.2) is 25.4 Å².